The number of aromatic nitrogens is 1. The summed E-state index contributed by atoms with van der Waals surface area (Å²) in [4.78, 5) is 4.18. The Kier molecular flexibility index (Phi) is 2.75. The molecular formula is C9H16N2OS. The Morgan fingerprint density at radius 1 is 1.54 bits per heavy atom. The van der Waals surface area contributed by atoms with Crippen LogP contribution in [0.5, 0.6) is 0 Å². The molecule has 0 amide bonds. The molecule has 0 bridgehead atoms. The normalized spacial score (nSPS) is 17.0. The Morgan fingerprint density at radius 3 is 2.54 bits per heavy atom. The third-order valence-electron chi connectivity index (χ3n) is 2.68. The van der Waals surface area contributed by atoms with E-state index in [1.807, 2.05) is 26.2 Å². The maximum Gasteiger partial charge on any atom is 0.113 e. The first-order chi connectivity index (χ1) is 5.92. The minimum absolute atomic E-state index is 0.0551. The van der Waals surface area contributed by atoms with Crippen molar-refractivity contribution in [3.63, 3.8) is 0 Å². The molecule has 0 fully saturated rings. The number of hydrogen-bond donors (Lipinski definition) is 2. The lowest BCUT2D eigenvalue weighted by Gasteiger charge is -2.38. The zero-order valence-electron chi connectivity index (χ0n) is 8.24. The summed E-state index contributed by atoms with van der Waals surface area (Å²) in [7, 11) is 0. The first-order valence-electron chi connectivity index (χ1n) is 4.21. The van der Waals surface area contributed by atoms with Crippen molar-refractivity contribution in [1.82, 2.24) is 4.98 Å². The van der Waals surface area contributed by atoms with Crippen molar-refractivity contribution in [1.29, 1.82) is 0 Å². The van der Waals surface area contributed by atoms with E-state index in [0.717, 1.165) is 5.01 Å². The van der Waals surface area contributed by atoms with E-state index in [4.69, 9.17) is 5.73 Å². The Bertz CT molecular complexity index is 267. The highest BCUT2D eigenvalue weighted by molar-refractivity contribution is 7.09. The number of rotatable bonds is 3. The predicted molar refractivity (Wildman–Crippen MR) is 54.5 cm³/mol. The highest BCUT2D eigenvalue weighted by Crippen LogP contribution is 2.37. The van der Waals surface area contributed by atoms with Crippen molar-refractivity contribution in [3.05, 3.63) is 16.6 Å². The van der Waals surface area contributed by atoms with Gasteiger partial charge in [-0.25, -0.2) is 4.98 Å². The highest BCUT2D eigenvalue weighted by Gasteiger charge is 2.40. The lowest BCUT2D eigenvalue weighted by molar-refractivity contribution is 0.0809. The summed E-state index contributed by atoms with van der Waals surface area (Å²) in [6.07, 6.45) is 1.73. The van der Waals surface area contributed by atoms with Crippen molar-refractivity contribution in [2.45, 2.75) is 26.3 Å². The average molecular weight is 200 g/mol. The zero-order valence-corrected chi connectivity index (χ0v) is 9.06. The van der Waals surface area contributed by atoms with E-state index in [9.17, 15) is 5.11 Å². The molecule has 1 aromatic heterocycles. The van der Waals surface area contributed by atoms with E-state index in [1.165, 1.54) is 11.3 Å². The van der Waals surface area contributed by atoms with Crippen LogP contribution in [0.2, 0.25) is 0 Å². The van der Waals surface area contributed by atoms with Gasteiger partial charge in [-0.1, -0.05) is 13.8 Å². The van der Waals surface area contributed by atoms with Gasteiger partial charge in [-0.2, -0.15) is 0 Å². The molecule has 4 heteroatoms. The largest absolute Gasteiger partial charge is 0.396 e. The molecule has 1 heterocycles. The molecule has 1 rings (SSSR count). The molecule has 0 aliphatic rings. The van der Waals surface area contributed by atoms with Crippen LogP contribution < -0.4 is 5.73 Å². The van der Waals surface area contributed by atoms with Gasteiger partial charge in [-0.3, -0.25) is 0 Å². The second-order valence-electron chi connectivity index (χ2n) is 4.08. The number of nitrogens with two attached hydrogens (primary N) is 1. The summed E-state index contributed by atoms with van der Waals surface area (Å²) in [5.74, 6) is 0. The van der Waals surface area contributed by atoms with Gasteiger partial charge in [0.1, 0.15) is 5.01 Å². The number of aliphatic hydroxyl groups excluding tert-OH is 1. The van der Waals surface area contributed by atoms with E-state index in [1.54, 1.807) is 6.20 Å². The zero-order chi connectivity index (χ0) is 10.1. The summed E-state index contributed by atoms with van der Waals surface area (Å²) >= 11 is 1.52. The van der Waals surface area contributed by atoms with Gasteiger partial charge in [0.05, 0.1) is 12.1 Å². The molecule has 0 aliphatic heterocycles. The van der Waals surface area contributed by atoms with Gasteiger partial charge in [0.15, 0.2) is 0 Å². The van der Waals surface area contributed by atoms with Crippen molar-refractivity contribution < 1.29 is 5.11 Å². The molecule has 0 unspecified atom stereocenters. The fraction of sp³-hybridized carbons (Fsp3) is 0.667. The predicted octanol–water partition coefficient (Wildman–Crippen LogP) is 1.34. The highest BCUT2D eigenvalue weighted by atomic mass is 32.1. The van der Waals surface area contributed by atoms with Crippen LogP contribution in [0.3, 0.4) is 0 Å². The third kappa shape index (κ3) is 1.75. The second kappa shape index (κ2) is 3.36. The number of aliphatic hydroxyl groups is 1. The first-order valence-corrected chi connectivity index (χ1v) is 5.09. The minimum atomic E-state index is -0.573. The topological polar surface area (TPSA) is 59.1 Å². The molecule has 3 nitrogen and oxygen atoms in total. The van der Waals surface area contributed by atoms with E-state index in [2.05, 4.69) is 4.98 Å². The first kappa shape index (κ1) is 10.6. The average Bonchev–Trinajstić information content (AvgIpc) is 2.56. The molecule has 1 atom stereocenters. The minimum Gasteiger partial charge on any atom is -0.396 e. The molecule has 13 heavy (non-hydrogen) atoms. The lowest BCUT2D eigenvalue weighted by atomic mass is 9.75. The number of nitrogens with zero attached hydrogens (tertiary/aromatic N) is 1. The van der Waals surface area contributed by atoms with E-state index < -0.39 is 5.54 Å². The Balaban J connectivity index is 3.02. The quantitative estimate of drug-likeness (QED) is 0.774. The van der Waals surface area contributed by atoms with Gasteiger partial charge in [-0.15, -0.1) is 11.3 Å². The summed E-state index contributed by atoms with van der Waals surface area (Å²) in [6, 6.07) is 0. The monoisotopic (exact) mass is 200 g/mol. The smallest absolute Gasteiger partial charge is 0.113 e. The van der Waals surface area contributed by atoms with Crippen molar-refractivity contribution in [2.24, 2.45) is 11.1 Å². The second-order valence-corrected chi connectivity index (χ2v) is 4.98. The Labute approximate surface area is 82.6 Å². The molecule has 1 aromatic rings. The summed E-state index contributed by atoms with van der Waals surface area (Å²) in [6.45, 7) is 5.84. The molecule has 0 aliphatic carbocycles. The summed E-state index contributed by atoms with van der Waals surface area (Å²) < 4.78 is 0. The van der Waals surface area contributed by atoms with E-state index >= 15 is 0 Å². The van der Waals surface area contributed by atoms with Gasteiger partial charge in [-0.05, 0) is 6.92 Å². The molecule has 0 spiro atoms. The van der Waals surface area contributed by atoms with Gasteiger partial charge in [0, 0.05) is 17.0 Å². The fourth-order valence-corrected chi connectivity index (χ4v) is 1.83. The molecular weight excluding hydrogens is 184 g/mol. The van der Waals surface area contributed by atoms with E-state index in [0.29, 0.717) is 0 Å². The summed E-state index contributed by atoms with van der Waals surface area (Å²) in [5, 5.41) is 12.0. The van der Waals surface area contributed by atoms with Crippen molar-refractivity contribution in [2.75, 3.05) is 6.61 Å². The van der Waals surface area contributed by atoms with Crippen LogP contribution in [0.15, 0.2) is 11.6 Å². The van der Waals surface area contributed by atoms with E-state index in [-0.39, 0.29) is 12.0 Å². The maximum atomic E-state index is 9.23. The van der Waals surface area contributed by atoms with Gasteiger partial charge in [0.2, 0.25) is 0 Å². The Hall–Kier alpha value is -0.450. The lowest BCUT2D eigenvalue weighted by Crippen LogP contribution is -2.49. The standard InChI is InChI=1S/C9H16N2OS/c1-8(2,6-12)9(3,10)7-11-4-5-13-7/h4-5,12H,6,10H2,1-3H3/t9-/m0/s1. The third-order valence-corrected chi connectivity index (χ3v) is 3.69. The molecule has 0 saturated heterocycles. The SMILES string of the molecule is CC(C)(CO)[C@@](C)(N)c1nccs1. The van der Waals surface area contributed by atoms with Crippen LogP contribution in [-0.2, 0) is 5.54 Å². The van der Waals surface area contributed by atoms with Crippen LogP contribution in [0.4, 0.5) is 0 Å². The fourth-order valence-electron chi connectivity index (χ4n) is 0.934. The van der Waals surface area contributed by atoms with Crippen LogP contribution >= 0.6 is 11.3 Å². The van der Waals surface area contributed by atoms with Gasteiger partial charge in [0.25, 0.3) is 0 Å². The summed E-state index contributed by atoms with van der Waals surface area (Å²) in [5.41, 5.74) is 5.23. The Morgan fingerprint density at radius 2 is 2.15 bits per heavy atom. The van der Waals surface area contributed by atoms with Crippen LogP contribution in [0, 0.1) is 5.41 Å². The number of thiazole rings is 1. The molecule has 0 aromatic carbocycles. The number of hydrogen-bond acceptors (Lipinski definition) is 4. The van der Waals surface area contributed by atoms with Crippen LogP contribution in [-0.4, -0.2) is 16.7 Å². The van der Waals surface area contributed by atoms with Gasteiger partial charge < -0.3 is 10.8 Å². The van der Waals surface area contributed by atoms with Crippen LogP contribution in [0.25, 0.3) is 0 Å². The van der Waals surface area contributed by atoms with Crippen molar-refractivity contribution >= 4 is 11.3 Å². The van der Waals surface area contributed by atoms with Gasteiger partial charge >= 0.3 is 0 Å². The molecule has 3 N–H and O–H groups in total. The molecule has 0 radical (unpaired) electrons. The molecule has 74 valence electrons. The van der Waals surface area contributed by atoms with Crippen LogP contribution in [0.1, 0.15) is 25.8 Å². The maximum absolute atomic E-state index is 9.23. The molecule has 0 saturated carbocycles. The van der Waals surface area contributed by atoms with Crippen molar-refractivity contribution in [3.8, 4) is 0 Å².